The number of amides is 1. The molecule has 3 rings (SSSR count). The second-order valence-corrected chi connectivity index (χ2v) is 5.69. The Balaban J connectivity index is 1.60. The van der Waals surface area contributed by atoms with Crippen molar-refractivity contribution in [2.75, 3.05) is 0 Å². The van der Waals surface area contributed by atoms with Crippen LogP contribution in [0.25, 0.3) is 11.0 Å². The summed E-state index contributed by atoms with van der Waals surface area (Å²) >= 11 is 5.83. The third-order valence-electron chi connectivity index (χ3n) is 3.43. The predicted octanol–water partition coefficient (Wildman–Crippen LogP) is 3.38. The van der Waals surface area contributed by atoms with Crippen molar-refractivity contribution in [1.82, 2.24) is 15.3 Å². The average molecular weight is 314 g/mol. The lowest BCUT2D eigenvalue weighted by atomic mass is 10.1. The van der Waals surface area contributed by atoms with Gasteiger partial charge in [0.25, 0.3) is 0 Å². The number of fused-ring (bicyclic) bond motifs is 1. The third-order valence-corrected chi connectivity index (χ3v) is 3.68. The second kappa shape index (κ2) is 6.20. The molecule has 2 N–H and O–H groups in total. The van der Waals surface area contributed by atoms with E-state index >= 15 is 0 Å². The van der Waals surface area contributed by atoms with E-state index in [0.29, 0.717) is 18.0 Å². The fourth-order valence-corrected chi connectivity index (χ4v) is 2.47. The first kappa shape index (κ1) is 14.6. The molecule has 0 aliphatic heterocycles. The summed E-state index contributed by atoms with van der Waals surface area (Å²) in [7, 11) is 0. The van der Waals surface area contributed by atoms with Crippen molar-refractivity contribution < 1.29 is 4.79 Å². The van der Waals surface area contributed by atoms with Crippen LogP contribution in [0.1, 0.15) is 17.0 Å². The number of rotatable bonds is 4. The molecule has 1 amide bonds. The summed E-state index contributed by atoms with van der Waals surface area (Å²) in [5.74, 6) is 0.877. The van der Waals surface area contributed by atoms with Crippen molar-refractivity contribution in [3.05, 3.63) is 64.4 Å². The van der Waals surface area contributed by atoms with E-state index in [1.807, 2.05) is 37.3 Å². The van der Waals surface area contributed by atoms with Crippen LogP contribution in [-0.4, -0.2) is 15.9 Å². The molecule has 4 nitrogen and oxygen atoms in total. The van der Waals surface area contributed by atoms with Crippen LogP contribution in [-0.2, 0) is 17.8 Å². The van der Waals surface area contributed by atoms with Crippen molar-refractivity contribution in [2.24, 2.45) is 0 Å². The van der Waals surface area contributed by atoms with E-state index in [4.69, 9.17) is 11.6 Å². The average Bonchev–Trinajstić information content (AvgIpc) is 2.87. The molecule has 22 heavy (non-hydrogen) atoms. The second-order valence-electron chi connectivity index (χ2n) is 5.25. The number of hydrogen-bond donors (Lipinski definition) is 2. The molecule has 0 unspecified atom stereocenters. The van der Waals surface area contributed by atoms with E-state index in [0.717, 1.165) is 28.0 Å². The van der Waals surface area contributed by atoms with Gasteiger partial charge in [0.2, 0.25) is 5.91 Å². The first-order valence-corrected chi connectivity index (χ1v) is 7.44. The van der Waals surface area contributed by atoms with Gasteiger partial charge in [-0.25, -0.2) is 4.98 Å². The van der Waals surface area contributed by atoms with Crippen molar-refractivity contribution in [3.8, 4) is 0 Å². The molecule has 0 fully saturated rings. The number of nitrogens with one attached hydrogen (secondary N) is 2. The molecule has 112 valence electrons. The van der Waals surface area contributed by atoms with Crippen LogP contribution >= 0.6 is 11.6 Å². The van der Waals surface area contributed by atoms with Crippen LogP contribution in [0.5, 0.6) is 0 Å². The monoisotopic (exact) mass is 313 g/mol. The van der Waals surface area contributed by atoms with Crippen LogP contribution < -0.4 is 5.32 Å². The van der Waals surface area contributed by atoms with Gasteiger partial charge in [-0.15, -0.1) is 0 Å². The minimum absolute atomic E-state index is 0.0109. The normalized spacial score (nSPS) is 10.8. The summed E-state index contributed by atoms with van der Waals surface area (Å²) in [6.07, 6.45) is 0.350. The molecule has 0 aliphatic rings. The molecule has 0 atom stereocenters. The van der Waals surface area contributed by atoms with Gasteiger partial charge in [0, 0.05) is 11.6 Å². The Morgan fingerprint density at radius 1 is 1.18 bits per heavy atom. The molecule has 0 aliphatic carbocycles. The van der Waals surface area contributed by atoms with E-state index in [1.54, 1.807) is 12.1 Å². The largest absolute Gasteiger partial charge is 0.352 e. The fourth-order valence-electron chi connectivity index (χ4n) is 2.35. The van der Waals surface area contributed by atoms with Gasteiger partial charge in [0.05, 0.1) is 17.5 Å². The van der Waals surface area contributed by atoms with Crippen molar-refractivity contribution in [3.63, 3.8) is 0 Å². The lowest BCUT2D eigenvalue weighted by Crippen LogP contribution is -2.24. The van der Waals surface area contributed by atoms with E-state index in [1.165, 1.54) is 0 Å². The molecule has 1 aromatic heterocycles. The number of carbonyl (C=O) groups excluding carboxylic acids is 1. The number of H-pyrrole nitrogens is 1. The number of aromatic nitrogens is 2. The van der Waals surface area contributed by atoms with Crippen molar-refractivity contribution >= 4 is 28.5 Å². The van der Waals surface area contributed by atoms with Gasteiger partial charge in [-0.05, 0) is 42.3 Å². The Morgan fingerprint density at radius 3 is 2.68 bits per heavy atom. The molecule has 5 heteroatoms. The smallest absolute Gasteiger partial charge is 0.224 e. The van der Waals surface area contributed by atoms with Crippen molar-refractivity contribution in [2.45, 2.75) is 19.9 Å². The van der Waals surface area contributed by atoms with Gasteiger partial charge >= 0.3 is 0 Å². The van der Waals surface area contributed by atoms with Gasteiger partial charge in [-0.1, -0.05) is 29.8 Å². The molecular weight excluding hydrogens is 298 g/mol. The number of nitrogens with zero attached hydrogens (tertiary/aromatic N) is 1. The van der Waals surface area contributed by atoms with E-state index in [9.17, 15) is 4.79 Å². The van der Waals surface area contributed by atoms with Crippen LogP contribution in [0.15, 0.2) is 42.5 Å². The highest BCUT2D eigenvalue weighted by molar-refractivity contribution is 6.30. The van der Waals surface area contributed by atoms with Crippen molar-refractivity contribution in [1.29, 1.82) is 0 Å². The Morgan fingerprint density at radius 2 is 1.91 bits per heavy atom. The highest BCUT2D eigenvalue weighted by Crippen LogP contribution is 2.14. The number of aromatic amines is 1. The summed E-state index contributed by atoms with van der Waals surface area (Å²) in [6, 6.07) is 13.3. The van der Waals surface area contributed by atoms with Gasteiger partial charge in [0.1, 0.15) is 5.82 Å². The molecule has 0 spiro atoms. The Labute approximate surface area is 133 Å². The molecule has 0 saturated heterocycles. The molecule has 2 aromatic carbocycles. The maximum atomic E-state index is 12.0. The van der Waals surface area contributed by atoms with Gasteiger partial charge in [-0.2, -0.15) is 0 Å². The molecule has 3 aromatic rings. The first-order valence-electron chi connectivity index (χ1n) is 7.06. The zero-order valence-electron chi connectivity index (χ0n) is 12.2. The number of halogens is 1. The fraction of sp³-hybridized carbons (Fsp3) is 0.176. The Kier molecular flexibility index (Phi) is 4.11. The van der Waals surface area contributed by atoms with Crippen LogP contribution in [0.2, 0.25) is 5.02 Å². The maximum Gasteiger partial charge on any atom is 0.224 e. The molecule has 1 heterocycles. The minimum atomic E-state index is -0.0109. The molecule has 0 radical (unpaired) electrons. The van der Waals surface area contributed by atoms with Gasteiger partial charge in [0.15, 0.2) is 0 Å². The number of hydrogen-bond acceptors (Lipinski definition) is 2. The lowest BCUT2D eigenvalue weighted by Gasteiger charge is -2.06. The van der Waals surface area contributed by atoms with Crippen LogP contribution in [0, 0.1) is 6.92 Å². The Hall–Kier alpha value is -2.33. The maximum absolute atomic E-state index is 12.0. The third kappa shape index (κ3) is 3.46. The van der Waals surface area contributed by atoms with E-state index in [-0.39, 0.29) is 5.91 Å². The molecule has 0 bridgehead atoms. The van der Waals surface area contributed by atoms with Crippen LogP contribution in [0.3, 0.4) is 0 Å². The summed E-state index contributed by atoms with van der Waals surface area (Å²) in [6.45, 7) is 2.42. The zero-order chi connectivity index (χ0) is 15.5. The first-order chi connectivity index (χ1) is 10.6. The minimum Gasteiger partial charge on any atom is -0.352 e. The van der Waals surface area contributed by atoms with E-state index in [2.05, 4.69) is 15.3 Å². The quantitative estimate of drug-likeness (QED) is 0.775. The number of carbonyl (C=O) groups is 1. The summed E-state index contributed by atoms with van der Waals surface area (Å²) in [4.78, 5) is 19.5. The Bertz CT molecular complexity index is 808. The lowest BCUT2D eigenvalue weighted by molar-refractivity contribution is -0.120. The summed E-state index contributed by atoms with van der Waals surface area (Å²) in [5.41, 5.74) is 3.91. The predicted molar refractivity (Wildman–Crippen MR) is 87.8 cm³/mol. The number of benzene rings is 2. The molecule has 0 saturated carbocycles. The highest BCUT2D eigenvalue weighted by Gasteiger charge is 2.05. The molecular formula is C17H16ClN3O. The van der Waals surface area contributed by atoms with Crippen LogP contribution in [0.4, 0.5) is 0 Å². The number of aryl methyl sites for hydroxylation is 1. The van der Waals surface area contributed by atoms with E-state index < -0.39 is 0 Å². The summed E-state index contributed by atoms with van der Waals surface area (Å²) < 4.78 is 0. The van der Waals surface area contributed by atoms with Gasteiger partial charge in [-0.3, -0.25) is 4.79 Å². The topological polar surface area (TPSA) is 57.8 Å². The standard InChI is InChI=1S/C17H16ClN3O/c1-11-20-15-7-4-13(8-16(15)21-11)10-19-17(22)9-12-2-5-14(18)6-3-12/h2-8H,9-10H2,1H3,(H,19,22)(H,20,21). The summed E-state index contributed by atoms with van der Waals surface area (Å²) in [5, 5.41) is 3.60. The highest BCUT2D eigenvalue weighted by atomic mass is 35.5. The number of imidazole rings is 1. The SMILES string of the molecule is Cc1nc2ccc(CNC(=O)Cc3ccc(Cl)cc3)cc2[nH]1. The van der Waals surface area contributed by atoms with Gasteiger partial charge < -0.3 is 10.3 Å². The zero-order valence-corrected chi connectivity index (χ0v) is 12.9.